The summed E-state index contributed by atoms with van der Waals surface area (Å²) < 4.78 is 0. The lowest BCUT2D eigenvalue weighted by Crippen LogP contribution is -2.50. The third-order valence-electron chi connectivity index (χ3n) is 5.82. The number of rotatable bonds is 6. The van der Waals surface area contributed by atoms with Gasteiger partial charge in [0.05, 0.1) is 18.5 Å². The van der Waals surface area contributed by atoms with Crippen molar-refractivity contribution >= 4 is 5.91 Å². The van der Waals surface area contributed by atoms with Crippen LogP contribution in [-0.2, 0) is 13.0 Å². The minimum Gasteiger partial charge on any atom is -0.268 e. The van der Waals surface area contributed by atoms with Gasteiger partial charge in [-0.15, -0.1) is 0 Å². The van der Waals surface area contributed by atoms with Gasteiger partial charge in [0.2, 0.25) is 0 Å². The highest BCUT2D eigenvalue weighted by atomic mass is 16.2. The van der Waals surface area contributed by atoms with Gasteiger partial charge in [0.15, 0.2) is 0 Å². The topological polar surface area (TPSA) is 47.3 Å². The first-order valence-corrected chi connectivity index (χ1v) is 10.9. The summed E-state index contributed by atoms with van der Waals surface area (Å²) in [6.45, 7) is 1.88. The summed E-state index contributed by atoms with van der Waals surface area (Å²) >= 11 is 0. The average Bonchev–Trinajstić information content (AvgIpc) is 2.84. The predicted octanol–water partition coefficient (Wildman–Crippen LogP) is 5.07. The van der Waals surface area contributed by atoms with E-state index >= 15 is 0 Å². The minimum absolute atomic E-state index is 0.00558. The third kappa shape index (κ3) is 5.20. The van der Waals surface area contributed by atoms with Crippen LogP contribution >= 0.6 is 0 Å². The Bertz CT molecular complexity index is 1040. The van der Waals surface area contributed by atoms with Gasteiger partial charge in [0, 0.05) is 18.7 Å². The Morgan fingerprint density at radius 3 is 2.29 bits per heavy atom. The maximum atomic E-state index is 13.9. The standard InChI is InChI=1S/C27H27N3O/c28-19-24-14-9-17-29(20-24)30(21-23-12-5-2-6-13-23)27(31)26-16-8-7-15-25(26)18-22-10-3-1-4-11-22/h1-8,10-13,15-16,24H,9,14,17-18,20-21H2. The van der Waals surface area contributed by atoms with Crippen molar-refractivity contribution in [1.29, 1.82) is 5.26 Å². The van der Waals surface area contributed by atoms with Crippen molar-refractivity contribution in [3.63, 3.8) is 0 Å². The lowest BCUT2D eigenvalue weighted by molar-refractivity contribution is -0.0341. The first-order valence-electron chi connectivity index (χ1n) is 10.9. The molecule has 0 N–H and O–H groups in total. The van der Waals surface area contributed by atoms with E-state index in [0.29, 0.717) is 19.5 Å². The Kier molecular flexibility index (Phi) is 6.76. The normalized spacial score (nSPS) is 16.4. The number of amides is 1. The Morgan fingerprint density at radius 2 is 1.58 bits per heavy atom. The van der Waals surface area contributed by atoms with Gasteiger partial charge in [-0.25, -0.2) is 5.01 Å². The number of piperidine rings is 1. The fraction of sp³-hybridized carbons (Fsp3) is 0.259. The molecule has 1 aliphatic heterocycles. The molecule has 1 aliphatic rings. The van der Waals surface area contributed by atoms with E-state index in [4.69, 9.17) is 0 Å². The zero-order chi connectivity index (χ0) is 21.5. The molecule has 3 aromatic rings. The molecule has 0 radical (unpaired) electrons. The molecule has 0 bridgehead atoms. The summed E-state index contributed by atoms with van der Waals surface area (Å²) in [5.41, 5.74) is 4.00. The average molecular weight is 410 g/mol. The van der Waals surface area contributed by atoms with Gasteiger partial charge in [-0.3, -0.25) is 9.80 Å². The number of nitrogens with zero attached hydrogens (tertiary/aromatic N) is 3. The SMILES string of the molecule is N#CC1CCCN(N(Cc2ccccc2)C(=O)c2ccccc2Cc2ccccc2)C1. The van der Waals surface area contributed by atoms with Crippen LogP contribution in [0.25, 0.3) is 0 Å². The maximum absolute atomic E-state index is 13.9. The van der Waals surface area contributed by atoms with Gasteiger partial charge in [0.1, 0.15) is 0 Å². The molecule has 31 heavy (non-hydrogen) atoms. The van der Waals surface area contributed by atoms with Gasteiger partial charge in [-0.2, -0.15) is 5.26 Å². The molecule has 4 heteroatoms. The summed E-state index contributed by atoms with van der Waals surface area (Å²) in [4.78, 5) is 13.9. The van der Waals surface area contributed by atoms with Crippen LogP contribution in [-0.4, -0.2) is 29.0 Å². The maximum Gasteiger partial charge on any atom is 0.268 e. The van der Waals surface area contributed by atoms with Crippen LogP contribution in [0.2, 0.25) is 0 Å². The monoisotopic (exact) mass is 409 g/mol. The fourth-order valence-electron chi connectivity index (χ4n) is 4.18. The molecular weight excluding hydrogens is 382 g/mol. The van der Waals surface area contributed by atoms with Crippen molar-refractivity contribution in [3.8, 4) is 6.07 Å². The molecule has 1 unspecified atom stereocenters. The summed E-state index contributed by atoms with van der Waals surface area (Å²) in [6.07, 6.45) is 2.52. The molecule has 3 aromatic carbocycles. The number of hydrogen-bond acceptors (Lipinski definition) is 3. The van der Waals surface area contributed by atoms with E-state index in [-0.39, 0.29) is 11.8 Å². The van der Waals surface area contributed by atoms with Gasteiger partial charge < -0.3 is 0 Å². The molecule has 0 aromatic heterocycles. The molecule has 0 spiro atoms. The highest BCUT2D eigenvalue weighted by Crippen LogP contribution is 2.23. The van der Waals surface area contributed by atoms with Crippen molar-refractivity contribution in [3.05, 3.63) is 107 Å². The fourth-order valence-corrected chi connectivity index (χ4v) is 4.18. The third-order valence-corrected chi connectivity index (χ3v) is 5.82. The molecule has 1 amide bonds. The van der Waals surface area contributed by atoms with E-state index in [1.165, 1.54) is 5.56 Å². The second-order valence-corrected chi connectivity index (χ2v) is 8.05. The molecule has 1 heterocycles. The van der Waals surface area contributed by atoms with Crippen molar-refractivity contribution in [1.82, 2.24) is 10.0 Å². The van der Waals surface area contributed by atoms with E-state index in [1.54, 1.807) is 0 Å². The largest absolute Gasteiger partial charge is 0.268 e. The lowest BCUT2D eigenvalue weighted by Gasteiger charge is -2.39. The first-order chi connectivity index (χ1) is 15.2. The highest BCUT2D eigenvalue weighted by molar-refractivity contribution is 5.95. The molecule has 1 fully saturated rings. The van der Waals surface area contributed by atoms with E-state index < -0.39 is 0 Å². The van der Waals surface area contributed by atoms with Crippen molar-refractivity contribution < 1.29 is 4.79 Å². The Balaban J connectivity index is 1.65. The van der Waals surface area contributed by atoms with Crippen LogP contribution in [0.3, 0.4) is 0 Å². The Morgan fingerprint density at radius 1 is 0.935 bits per heavy atom. The lowest BCUT2D eigenvalue weighted by atomic mass is 9.98. The second-order valence-electron chi connectivity index (χ2n) is 8.05. The number of carbonyl (C=O) groups is 1. The molecule has 1 atom stereocenters. The number of nitriles is 1. The molecule has 156 valence electrons. The summed E-state index contributed by atoms with van der Waals surface area (Å²) in [5, 5.41) is 13.4. The Hall–Kier alpha value is -3.42. The van der Waals surface area contributed by atoms with Crippen molar-refractivity contribution in [2.24, 2.45) is 5.92 Å². The van der Waals surface area contributed by atoms with Crippen LogP contribution in [0.1, 0.15) is 39.9 Å². The van der Waals surface area contributed by atoms with Gasteiger partial charge in [-0.1, -0.05) is 78.9 Å². The van der Waals surface area contributed by atoms with Gasteiger partial charge in [0.25, 0.3) is 5.91 Å². The van der Waals surface area contributed by atoms with Crippen LogP contribution in [0.5, 0.6) is 0 Å². The number of carbonyl (C=O) groups excluding carboxylic acids is 1. The molecule has 0 aliphatic carbocycles. The van der Waals surface area contributed by atoms with Crippen molar-refractivity contribution in [2.75, 3.05) is 13.1 Å². The zero-order valence-electron chi connectivity index (χ0n) is 17.7. The predicted molar refractivity (Wildman–Crippen MR) is 122 cm³/mol. The van der Waals surface area contributed by atoms with Crippen LogP contribution in [0, 0.1) is 17.2 Å². The van der Waals surface area contributed by atoms with Gasteiger partial charge >= 0.3 is 0 Å². The van der Waals surface area contributed by atoms with Crippen LogP contribution in [0.4, 0.5) is 0 Å². The quantitative estimate of drug-likeness (QED) is 0.571. The molecule has 1 saturated heterocycles. The number of hydrogen-bond donors (Lipinski definition) is 0. The summed E-state index contributed by atoms with van der Waals surface area (Å²) in [6, 6.07) is 30.6. The van der Waals surface area contributed by atoms with E-state index in [2.05, 4.69) is 23.2 Å². The molecule has 4 rings (SSSR count). The van der Waals surface area contributed by atoms with E-state index in [1.807, 2.05) is 77.8 Å². The number of benzene rings is 3. The van der Waals surface area contributed by atoms with Gasteiger partial charge in [-0.05, 0) is 42.0 Å². The first kappa shape index (κ1) is 20.8. The zero-order valence-corrected chi connectivity index (χ0v) is 17.7. The highest BCUT2D eigenvalue weighted by Gasteiger charge is 2.29. The van der Waals surface area contributed by atoms with Crippen LogP contribution in [0.15, 0.2) is 84.9 Å². The van der Waals surface area contributed by atoms with Crippen molar-refractivity contribution in [2.45, 2.75) is 25.8 Å². The Labute approximate surface area is 184 Å². The summed E-state index contributed by atoms with van der Waals surface area (Å²) in [5.74, 6) is -0.0478. The molecule has 4 nitrogen and oxygen atoms in total. The second kappa shape index (κ2) is 10.1. The van der Waals surface area contributed by atoms with E-state index in [0.717, 1.165) is 36.1 Å². The van der Waals surface area contributed by atoms with E-state index in [9.17, 15) is 10.1 Å². The number of hydrazine groups is 1. The smallest absolute Gasteiger partial charge is 0.268 e. The molecular formula is C27H27N3O. The van der Waals surface area contributed by atoms with Crippen LogP contribution < -0.4 is 0 Å². The summed E-state index contributed by atoms with van der Waals surface area (Å²) in [7, 11) is 0. The molecule has 0 saturated carbocycles. The minimum atomic E-state index is -0.0422.